The van der Waals surface area contributed by atoms with Crippen molar-refractivity contribution in [2.75, 3.05) is 22.1 Å². The van der Waals surface area contributed by atoms with E-state index in [1.165, 1.54) is 47.8 Å². The van der Waals surface area contributed by atoms with Crippen molar-refractivity contribution in [3.63, 3.8) is 0 Å². The van der Waals surface area contributed by atoms with Crippen LogP contribution in [0.1, 0.15) is 17.3 Å². The summed E-state index contributed by atoms with van der Waals surface area (Å²) in [4.78, 5) is 29.3. The maximum atomic E-state index is 12.9. The van der Waals surface area contributed by atoms with Gasteiger partial charge in [0.25, 0.3) is 5.91 Å². The van der Waals surface area contributed by atoms with Gasteiger partial charge in [-0.3, -0.25) is 14.9 Å². The van der Waals surface area contributed by atoms with Gasteiger partial charge in [0, 0.05) is 27.7 Å². The number of aromatic nitrogens is 2. The molecule has 3 rings (SSSR count). The summed E-state index contributed by atoms with van der Waals surface area (Å²) in [5.74, 6) is 0.242. The first-order chi connectivity index (χ1) is 14.0. The van der Waals surface area contributed by atoms with Crippen molar-refractivity contribution >= 4 is 57.7 Å². The van der Waals surface area contributed by atoms with Crippen molar-refractivity contribution in [1.82, 2.24) is 9.36 Å². The van der Waals surface area contributed by atoms with E-state index in [0.29, 0.717) is 21.5 Å². The molecule has 6 nitrogen and oxygen atoms in total. The lowest BCUT2D eigenvalue weighted by molar-refractivity contribution is -0.113. The molecule has 1 heterocycles. The second-order valence-corrected chi connectivity index (χ2v) is 8.67. The highest BCUT2D eigenvalue weighted by atomic mass is 32.2. The van der Waals surface area contributed by atoms with Crippen molar-refractivity contribution in [2.45, 2.75) is 17.0 Å². The summed E-state index contributed by atoms with van der Waals surface area (Å²) in [5.41, 5.74) is 0.988. The van der Waals surface area contributed by atoms with Crippen molar-refractivity contribution < 1.29 is 14.0 Å². The highest BCUT2D eigenvalue weighted by Crippen LogP contribution is 2.23. The average molecular weight is 449 g/mol. The predicted molar refractivity (Wildman–Crippen MR) is 116 cm³/mol. The van der Waals surface area contributed by atoms with E-state index in [2.05, 4.69) is 20.0 Å². The average Bonchev–Trinajstić information content (AvgIpc) is 3.15. The number of carbonyl (C=O) groups is 2. The third-order valence-electron chi connectivity index (χ3n) is 3.52. The molecule has 0 radical (unpaired) electrons. The van der Waals surface area contributed by atoms with Crippen LogP contribution in [-0.2, 0) is 4.79 Å². The molecular formula is C19H17FN4O2S3. The normalized spacial score (nSPS) is 10.6. The molecule has 0 fully saturated rings. The first-order valence-corrected chi connectivity index (χ1v) is 11.3. The minimum absolute atomic E-state index is 0.159. The molecule has 0 atom stereocenters. The Bertz CT molecular complexity index is 978. The number of nitrogens with one attached hydrogen (secondary N) is 2. The standard InChI is InChI=1S/C19H17FN4O2S3/c1-2-27-19-23-18(29-24-19)22-16(25)11-28-15-9-7-14(8-10-15)21-17(26)12-3-5-13(20)6-4-12/h3-10H,2,11H2,1H3,(H,21,26)(H,22,23,24,25). The molecule has 2 aromatic carbocycles. The van der Waals surface area contributed by atoms with Gasteiger partial charge in [0.15, 0.2) is 0 Å². The molecule has 2 amide bonds. The molecule has 0 aliphatic carbocycles. The Hall–Kier alpha value is -2.43. The van der Waals surface area contributed by atoms with Crippen LogP contribution in [0.5, 0.6) is 0 Å². The number of anilines is 2. The van der Waals surface area contributed by atoms with Gasteiger partial charge in [0.2, 0.25) is 16.2 Å². The quantitative estimate of drug-likeness (QED) is 0.483. The highest BCUT2D eigenvalue weighted by molar-refractivity contribution is 8.00. The number of hydrogen-bond donors (Lipinski definition) is 2. The predicted octanol–water partition coefficient (Wildman–Crippen LogP) is 4.77. The van der Waals surface area contributed by atoms with E-state index in [1.807, 2.05) is 19.1 Å². The summed E-state index contributed by atoms with van der Waals surface area (Å²) in [6.07, 6.45) is 0. The molecule has 0 saturated heterocycles. The zero-order valence-corrected chi connectivity index (χ0v) is 17.8. The molecule has 2 N–H and O–H groups in total. The third-order valence-corrected chi connectivity index (χ3v) is 6.00. The topological polar surface area (TPSA) is 84.0 Å². The van der Waals surface area contributed by atoms with E-state index in [4.69, 9.17) is 0 Å². The summed E-state index contributed by atoms with van der Waals surface area (Å²) >= 11 is 4.06. The number of halogens is 1. The molecule has 3 aromatic rings. The lowest BCUT2D eigenvalue weighted by Crippen LogP contribution is -2.13. The number of rotatable bonds is 8. The molecule has 0 unspecified atom stereocenters. The first kappa shape index (κ1) is 21.3. The summed E-state index contributed by atoms with van der Waals surface area (Å²) in [6, 6.07) is 12.5. The van der Waals surface area contributed by atoms with E-state index in [9.17, 15) is 14.0 Å². The van der Waals surface area contributed by atoms with Gasteiger partial charge in [-0.1, -0.05) is 18.7 Å². The van der Waals surface area contributed by atoms with Crippen LogP contribution in [0.4, 0.5) is 15.2 Å². The van der Waals surface area contributed by atoms with Crippen molar-refractivity contribution in [2.24, 2.45) is 0 Å². The van der Waals surface area contributed by atoms with Gasteiger partial charge in [-0.25, -0.2) is 4.39 Å². The number of benzene rings is 2. The molecule has 0 spiro atoms. The Morgan fingerprint density at radius 1 is 1.03 bits per heavy atom. The van der Waals surface area contributed by atoms with Crippen LogP contribution < -0.4 is 10.6 Å². The number of hydrogen-bond acceptors (Lipinski definition) is 7. The summed E-state index contributed by atoms with van der Waals surface area (Å²) in [7, 11) is 0. The smallest absolute Gasteiger partial charge is 0.255 e. The molecule has 0 aliphatic rings. The molecule has 1 aromatic heterocycles. The lowest BCUT2D eigenvalue weighted by atomic mass is 10.2. The van der Waals surface area contributed by atoms with Crippen LogP contribution in [0.15, 0.2) is 58.6 Å². The molecule has 10 heteroatoms. The van der Waals surface area contributed by atoms with Crippen LogP contribution in [-0.4, -0.2) is 32.7 Å². The summed E-state index contributed by atoms with van der Waals surface area (Å²) in [5, 5.41) is 6.64. The fourth-order valence-corrected chi connectivity index (χ4v) is 4.18. The zero-order chi connectivity index (χ0) is 20.6. The van der Waals surface area contributed by atoms with Crippen molar-refractivity contribution in [1.29, 1.82) is 0 Å². The molecule has 150 valence electrons. The molecule has 0 aliphatic heterocycles. The van der Waals surface area contributed by atoms with Gasteiger partial charge in [0.1, 0.15) is 5.82 Å². The van der Waals surface area contributed by atoms with E-state index in [-0.39, 0.29) is 17.6 Å². The Morgan fingerprint density at radius 2 is 1.76 bits per heavy atom. The number of thioether (sulfide) groups is 2. The Kier molecular flexibility index (Phi) is 7.62. The fourth-order valence-electron chi connectivity index (χ4n) is 2.19. The maximum absolute atomic E-state index is 12.9. The summed E-state index contributed by atoms with van der Waals surface area (Å²) in [6.45, 7) is 2.01. The largest absolute Gasteiger partial charge is 0.322 e. The summed E-state index contributed by atoms with van der Waals surface area (Å²) < 4.78 is 17.1. The molecular weight excluding hydrogens is 431 g/mol. The number of amides is 2. The van der Waals surface area contributed by atoms with Gasteiger partial charge in [0.05, 0.1) is 5.75 Å². The minimum atomic E-state index is -0.390. The van der Waals surface area contributed by atoms with Gasteiger partial charge in [-0.05, 0) is 54.3 Å². The second kappa shape index (κ2) is 10.4. The van der Waals surface area contributed by atoms with E-state index in [1.54, 1.807) is 12.1 Å². The van der Waals surface area contributed by atoms with Crippen LogP contribution >= 0.6 is 35.1 Å². The van der Waals surface area contributed by atoms with Crippen LogP contribution in [0, 0.1) is 5.82 Å². The van der Waals surface area contributed by atoms with Gasteiger partial charge in [-0.15, -0.1) is 11.8 Å². The Labute approximate surface area is 179 Å². The monoisotopic (exact) mass is 448 g/mol. The zero-order valence-electron chi connectivity index (χ0n) is 15.3. The maximum Gasteiger partial charge on any atom is 0.255 e. The van der Waals surface area contributed by atoms with Crippen LogP contribution in [0.2, 0.25) is 0 Å². The molecule has 0 bridgehead atoms. The minimum Gasteiger partial charge on any atom is -0.322 e. The highest BCUT2D eigenvalue weighted by Gasteiger charge is 2.09. The van der Waals surface area contributed by atoms with E-state index < -0.39 is 5.82 Å². The molecule has 29 heavy (non-hydrogen) atoms. The Morgan fingerprint density at radius 3 is 2.45 bits per heavy atom. The van der Waals surface area contributed by atoms with Crippen molar-refractivity contribution in [3.8, 4) is 0 Å². The van der Waals surface area contributed by atoms with Gasteiger partial charge in [-0.2, -0.15) is 9.36 Å². The number of nitrogens with zero attached hydrogens (tertiary/aromatic N) is 2. The van der Waals surface area contributed by atoms with Crippen molar-refractivity contribution in [3.05, 3.63) is 59.9 Å². The van der Waals surface area contributed by atoms with E-state index >= 15 is 0 Å². The Balaban J connectivity index is 1.47. The van der Waals surface area contributed by atoms with Gasteiger partial charge >= 0.3 is 0 Å². The first-order valence-electron chi connectivity index (χ1n) is 8.59. The van der Waals surface area contributed by atoms with Gasteiger partial charge < -0.3 is 5.32 Å². The fraction of sp³-hybridized carbons (Fsp3) is 0.158. The second-order valence-electron chi connectivity index (χ2n) is 5.64. The molecule has 0 saturated carbocycles. The van der Waals surface area contributed by atoms with Crippen LogP contribution in [0.3, 0.4) is 0 Å². The van der Waals surface area contributed by atoms with Crippen LogP contribution in [0.25, 0.3) is 0 Å². The van der Waals surface area contributed by atoms with E-state index in [0.717, 1.165) is 22.2 Å². The third kappa shape index (κ3) is 6.55. The SMILES string of the molecule is CCSc1nsc(NC(=O)CSc2ccc(NC(=O)c3ccc(F)cc3)cc2)n1. The number of carbonyl (C=O) groups excluding carboxylic acids is 2. The lowest BCUT2D eigenvalue weighted by Gasteiger charge is -2.07.